The summed E-state index contributed by atoms with van der Waals surface area (Å²) in [6, 6.07) is 7.17. The quantitative estimate of drug-likeness (QED) is 0.204. The molecular weight excluding hydrogens is 452 g/mol. The van der Waals surface area contributed by atoms with Crippen LogP contribution in [-0.4, -0.2) is 85.9 Å². The largest absolute Gasteiger partial charge is 0.494 e. The number of aliphatic hydroxyl groups is 1. The number of aliphatic imine (C=N–C) groups is 1. The highest BCUT2D eigenvalue weighted by Gasteiger charge is 2.44. The molecule has 0 fully saturated rings. The summed E-state index contributed by atoms with van der Waals surface area (Å²) in [7, 11) is 3.98. The zero-order valence-corrected chi connectivity index (χ0v) is 21.6. The molecule has 10 nitrogen and oxygen atoms in total. The molecule has 0 saturated heterocycles. The summed E-state index contributed by atoms with van der Waals surface area (Å²) in [6.07, 6.45) is 1.59. The monoisotopic (exact) mass is 492 g/mol. The van der Waals surface area contributed by atoms with Gasteiger partial charge in [0.2, 0.25) is 5.90 Å². The molecule has 0 spiro atoms. The van der Waals surface area contributed by atoms with E-state index in [0.29, 0.717) is 36.8 Å². The highest BCUT2D eigenvalue weighted by molar-refractivity contribution is 6.00. The molecule has 0 saturated carbocycles. The maximum atomic E-state index is 13.2. The molecule has 10 heteroatoms. The smallest absolute Gasteiger partial charge is 0.306 e. The zero-order chi connectivity index (χ0) is 25.9. The molecular formula is C25H40N4O6. The molecule has 1 aromatic rings. The molecule has 1 aliphatic heterocycles. The molecule has 196 valence electrons. The number of carbonyl (C=O) groups is 2. The molecule has 3 N–H and O–H groups in total. The Balaban J connectivity index is 2.11. The number of hydrogen-bond acceptors (Lipinski definition) is 9. The Morgan fingerprint density at radius 1 is 1.20 bits per heavy atom. The second kappa shape index (κ2) is 13.4. The minimum absolute atomic E-state index is 0.0189. The lowest BCUT2D eigenvalue weighted by atomic mass is 9.94. The number of hydrogen-bond donors (Lipinski definition) is 3. The normalized spacial score (nSPS) is 17.6. The molecule has 1 heterocycles. The first-order valence-corrected chi connectivity index (χ1v) is 12.0. The third-order valence-corrected chi connectivity index (χ3v) is 5.13. The number of rotatable bonds is 14. The minimum atomic E-state index is -1.25. The predicted octanol–water partition coefficient (Wildman–Crippen LogP) is 1.66. The van der Waals surface area contributed by atoms with Crippen molar-refractivity contribution in [3.05, 3.63) is 29.8 Å². The molecule has 1 amide bonds. The van der Waals surface area contributed by atoms with Gasteiger partial charge in [-0.15, -0.1) is 0 Å². The van der Waals surface area contributed by atoms with Crippen molar-refractivity contribution in [2.24, 2.45) is 4.99 Å². The van der Waals surface area contributed by atoms with E-state index in [0.717, 1.165) is 13.0 Å². The second-order valence-corrected chi connectivity index (χ2v) is 9.81. The summed E-state index contributed by atoms with van der Waals surface area (Å²) in [6.45, 7) is 7.40. The van der Waals surface area contributed by atoms with Crippen molar-refractivity contribution in [3.8, 4) is 5.75 Å². The van der Waals surface area contributed by atoms with Gasteiger partial charge in [0, 0.05) is 31.6 Å². The SMILES string of the molecule is CN(C)CCCNNC(=O)[C@]1(CCC(=O)OC(C)(C)C)COC(c2ccc(OCCCO)cc2)=N1. The molecule has 0 aliphatic carbocycles. The highest BCUT2D eigenvalue weighted by Crippen LogP contribution is 2.28. The van der Waals surface area contributed by atoms with Gasteiger partial charge >= 0.3 is 5.97 Å². The maximum Gasteiger partial charge on any atom is 0.306 e. The van der Waals surface area contributed by atoms with Crippen molar-refractivity contribution in [1.82, 2.24) is 15.8 Å². The van der Waals surface area contributed by atoms with Crippen molar-refractivity contribution in [2.45, 2.75) is 57.6 Å². The topological polar surface area (TPSA) is 122 Å². The molecule has 2 rings (SSSR count). The van der Waals surface area contributed by atoms with E-state index in [-0.39, 0.29) is 32.0 Å². The van der Waals surface area contributed by atoms with Gasteiger partial charge in [0.1, 0.15) is 18.0 Å². The van der Waals surface area contributed by atoms with Gasteiger partial charge in [-0.25, -0.2) is 10.4 Å². The number of esters is 1. The van der Waals surface area contributed by atoms with E-state index in [1.807, 2.05) is 14.1 Å². The van der Waals surface area contributed by atoms with Crippen LogP contribution in [0.4, 0.5) is 0 Å². The van der Waals surface area contributed by atoms with E-state index < -0.39 is 17.1 Å². The van der Waals surface area contributed by atoms with Crippen LogP contribution in [0.15, 0.2) is 29.3 Å². The lowest BCUT2D eigenvalue weighted by Crippen LogP contribution is -2.52. The van der Waals surface area contributed by atoms with E-state index >= 15 is 0 Å². The number of benzene rings is 1. The van der Waals surface area contributed by atoms with Gasteiger partial charge in [-0.1, -0.05) is 0 Å². The lowest BCUT2D eigenvalue weighted by molar-refractivity contribution is -0.155. The summed E-state index contributed by atoms with van der Waals surface area (Å²) in [5.74, 6) is 0.247. The lowest BCUT2D eigenvalue weighted by Gasteiger charge is -2.24. The van der Waals surface area contributed by atoms with Crippen molar-refractivity contribution < 1.29 is 28.9 Å². The molecule has 1 aliphatic rings. The van der Waals surface area contributed by atoms with E-state index in [1.165, 1.54) is 0 Å². The first-order chi connectivity index (χ1) is 16.5. The number of carbonyl (C=O) groups excluding carboxylic acids is 2. The van der Waals surface area contributed by atoms with E-state index in [1.54, 1.807) is 45.0 Å². The average Bonchev–Trinajstić information content (AvgIpc) is 3.22. The maximum absolute atomic E-state index is 13.2. The average molecular weight is 493 g/mol. The van der Waals surface area contributed by atoms with Gasteiger partial charge in [0.05, 0.1) is 6.61 Å². The Kier molecular flexibility index (Phi) is 10.9. The number of hydrazine groups is 1. The fourth-order valence-corrected chi connectivity index (χ4v) is 3.34. The van der Waals surface area contributed by atoms with Gasteiger partial charge in [-0.3, -0.25) is 15.0 Å². The molecule has 0 aromatic heterocycles. The number of nitrogens with zero attached hydrogens (tertiary/aromatic N) is 2. The number of aliphatic hydroxyl groups excluding tert-OH is 1. The van der Waals surface area contributed by atoms with Gasteiger partial charge in [-0.2, -0.15) is 0 Å². The van der Waals surface area contributed by atoms with Crippen LogP contribution in [0, 0.1) is 0 Å². The third-order valence-electron chi connectivity index (χ3n) is 5.13. The van der Waals surface area contributed by atoms with Gasteiger partial charge in [0.15, 0.2) is 5.54 Å². The Bertz CT molecular complexity index is 851. The Hall–Kier alpha value is -2.69. The van der Waals surface area contributed by atoms with Crippen LogP contribution < -0.4 is 15.6 Å². The number of nitrogens with one attached hydrogen (secondary N) is 2. The van der Waals surface area contributed by atoms with Crippen LogP contribution in [0.3, 0.4) is 0 Å². The summed E-state index contributed by atoms with van der Waals surface area (Å²) in [4.78, 5) is 32.2. The highest BCUT2D eigenvalue weighted by atomic mass is 16.6. The van der Waals surface area contributed by atoms with Crippen molar-refractivity contribution in [3.63, 3.8) is 0 Å². The summed E-state index contributed by atoms with van der Waals surface area (Å²) in [5, 5.41) is 8.88. The fourth-order valence-electron chi connectivity index (χ4n) is 3.34. The Labute approximate surface area is 208 Å². The van der Waals surface area contributed by atoms with Gasteiger partial charge in [-0.05, 0) is 78.5 Å². The third kappa shape index (κ3) is 9.83. The van der Waals surface area contributed by atoms with Crippen LogP contribution in [0.1, 0.15) is 52.0 Å². The molecule has 35 heavy (non-hydrogen) atoms. The van der Waals surface area contributed by atoms with Crippen LogP contribution in [0.5, 0.6) is 5.75 Å². The molecule has 0 unspecified atom stereocenters. The van der Waals surface area contributed by atoms with Crippen LogP contribution >= 0.6 is 0 Å². The summed E-state index contributed by atoms with van der Waals surface area (Å²) < 4.78 is 16.8. The Morgan fingerprint density at radius 2 is 1.91 bits per heavy atom. The fraction of sp³-hybridized carbons (Fsp3) is 0.640. The predicted molar refractivity (Wildman–Crippen MR) is 133 cm³/mol. The van der Waals surface area contributed by atoms with Crippen LogP contribution in [0.25, 0.3) is 0 Å². The zero-order valence-electron chi connectivity index (χ0n) is 21.6. The number of ether oxygens (including phenoxy) is 3. The number of amides is 1. The first-order valence-electron chi connectivity index (χ1n) is 12.0. The second-order valence-electron chi connectivity index (χ2n) is 9.81. The standard InChI is InChI=1S/C25H40N4O6/c1-24(2,3)35-21(31)12-13-25(23(32)28-26-14-6-15-29(4)5)18-34-22(27-25)19-8-10-20(11-9-19)33-17-7-16-30/h8-11,26,30H,6-7,12-18H2,1-5H3,(H,28,32)/t25-/m0/s1. The summed E-state index contributed by atoms with van der Waals surface area (Å²) in [5.41, 5.74) is 4.52. The first kappa shape index (κ1) is 28.5. The van der Waals surface area contributed by atoms with Crippen molar-refractivity contribution in [2.75, 3.05) is 47.0 Å². The van der Waals surface area contributed by atoms with Gasteiger partial charge in [0.25, 0.3) is 5.91 Å². The molecule has 0 radical (unpaired) electrons. The van der Waals surface area contributed by atoms with Crippen molar-refractivity contribution >= 4 is 17.8 Å². The Morgan fingerprint density at radius 3 is 2.54 bits per heavy atom. The van der Waals surface area contributed by atoms with Crippen molar-refractivity contribution in [1.29, 1.82) is 0 Å². The summed E-state index contributed by atoms with van der Waals surface area (Å²) >= 11 is 0. The van der Waals surface area contributed by atoms with Crippen LogP contribution in [-0.2, 0) is 19.1 Å². The van der Waals surface area contributed by atoms with Crippen LogP contribution in [0.2, 0.25) is 0 Å². The van der Waals surface area contributed by atoms with Gasteiger partial charge < -0.3 is 24.2 Å². The van der Waals surface area contributed by atoms with E-state index in [4.69, 9.17) is 19.3 Å². The van der Waals surface area contributed by atoms with E-state index in [9.17, 15) is 9.59 Å². The molecule has 1 aromatic carbocycles. The molecule has 1 atom stereocenters. The minimum Gasteiger partial charge on any atom is -0.494 e. The molecule has 0 bridgehead atoms. The van der Waals surface area contributed by atoms with E-state index in [2.05, 4.69) is 20.7 Å².